The topological polar surface area (TPSA) is 53.2 Å². The highest BCUT2D eigenvalue weighted by molar-refractivity contribution is 5.47. The van der Waals surface area contributed by atoms with Gasteiger partial charge < -0.3 is 9.84 Å². The molecule has 0 unspecified atom stereocenters. The lowest BCUT2D eigenvalue weighted by atomic mass is 9.80. The second kappa shape index (κ2) is 8.44. The molecule has 0 saturated carbocycles. The van der Waals surface area contributed by atoms with Gasteiger partial charge in [-0.2, -0.15) is 5.26 Å². The molecule has 0 bridgehead atoms. The van der Waals surface area contributed by atoms with Crippen molar-refractivity contribution in [2.45, 2.75) is 18.1 Å². The molecule has 0 amide bonds. The maximum absolute atomic E-state index is 10.1. The molecule has 1 N–H and O–H groups in total. The van der Waals surface area contributed by atoms with Crippen molar-refractivity contribution in [3.63, 3.8) is 0 Å². The van der Waals surface area contributed by atoms with Gasteiger partial charge in [0.15, 0.2) is 0 Å². The molecule has 0 aliphatic carbocycles. The molecule has 130 valence electrons. The number of nitriles is 1. The SMILES string of the molecule is N#CC[C@@H](O)COC(c1ccccc1)(c1ccccc1)c1ccccc1. The first-order valence-electron chi connectivity index (χ1n) is 8.63. The predicted molar refractivity (Wildman–Crippen MR) is 101 cm³/mol. The van der Waals surface area contributed by atoms with Gasteiger partial charge >= 0.3 is 0 Å². The number of aliphatic hydroxyl groups excluding tert-OH is 1. The highest BCUT2D eigenvalue weighted by atomic mass is 16.5. The second-order valence-corrected chi connectivity index (χ2v) is 6.11. The smallest absolute Gasteiger partial charge is 0.143 e. The molecule has 0 aromatic heterocycles. The van der Waals surface area contributed by atoms with E-state index >= 15 is 0 Å². The van der Waals surface area contributed by atoms with Gasteiger partial charge in [0, 0.05) is 0 Å². The Morgan fingerprint density at radius 3 is 1.50 bits per heavy atom. The molecular formula is C23H21NO2. The molecule has 3 aromatic rings. The number of benzene rings is 3. The zero-order valence-corrected chi connectivity index (χ0v) is 14.5. The Bertz CT molecular complexity index is 745. The van der Waals surface area contributed by atoms with Crippen LogP contribution in [0.15, 0.2) is 91.0 Å². The van der Waals surface area contributed by atoms with E-state index in [1.807, 2.05) is 97.1 Å². The molecule has 26 heavy (non-hydrogen) atoms. The van der Waals surface area contributed by atoms with E-state index in [2.05, 4.69) is 0 Å². The van der Waals surface area contributed by atoms with E-state index in [0.717, 1.165) is 16.7 Å². The van der Waals surface area contributed by atoms with Crippen LogP contribution in [0.25, 0.3) is 0 Å². The van der Waals surface area contributed by atoms with E-state index in [9.17, 15) is 5.11 Å². The number of rotatable bonds is 7. The average Bonchev–Trinajstić information content (AvgIpc) is 2.71. The number of nitrogens with zero attached hydrogens (tertiary/aromatic N) is 1. The van der Waals surface area contributed by atoms with Gasteiger partial charge in [-0.1, -0.05) is 91.0 Å². The minimum absolute atomic E-state index is 0.0362. The maximum Gasteiger partial charge on any atom is 0.143 e. The van der Waals surface area contributed by atoms with Crippen LogP contribution < -0.4 is 0 Å². The van der Waals surface area contributed by atoms with Crippen LogP contribution >= 0.6 is 0 Å². The van der Waals surface area contributed by atoms with Crippen molar-refractivity contribution in [1.82, 2.24) is 0 Å². The first kappa shape index (κ1) is 17.9. The molecule has 0 saturated heterocycles. The second-order valence-electron chi connectivity index (χ2n) is 6.11. The van der Waals surface area contributed by atoms with E-state index < -0.39 is 11.7 Å². The number of ether oxygens (including phenoxy) is 1. The summed E-state index contributed by atoms with van der Waals surface area (Å²) < 4.78 is 6.40. The van der Waals surface area contributed by atoms with Gasteiger partial charge in [0.1, 0.15) is 5.60 Å². The fourth-order valence-electron chi connectivity index (χ4n) is 3.15. The molecule has 0 aliphatic rings. The van der Waals surface area contributed by atoms with Crippen LogP contribution in [-0.2, 0) is 10.3 Å². The van der Waals surface area contributed by atoms with E-state index in [0.29, 0.717) is 0 Å². The lowest BCUT2D eigenvalue weighted by Crippen LogP contribution is -2.35. The average molecular weight is 343 g/mol. The lowest BCUT2D eigenvalue weighted by molar-refractivity contribution is -0.0364. The Morgan fingerprint density at radius 2 is 1.15 bits per heavy atom. The van der Waals surface area contributed by atoms with Crippen molar-refractivity contribution in [3.8, 4) is 6.07 Å². The molecule has 1 atom stereocenters. The minimum atomic E-state index is -0.861. The molecule has 3 nitrogen and oxygen atoms in total. The summed E-state index contributed by atoms with van der Waals surface area (Å²) in [7, 11) is 0. The van der Waals surface area contributed by atoms with Crippen molar-refractivity contribution >= 4 is 0 Å². The zero-order chi connectivity index (χ0) is 18.2. The van der Waals surface area contributed by atoms with E-state index in [-0.39, 0.29) is 13.0 Å². The molecule has 0 spiro atoms. The number of hydrogen-bond donors (Lipinski definition) is 1. The first-order valence-corrected chi connectivity index (χ1v) is 8.63. The van der Waals surface area contributed by atoms with Crippen LogP contribution in [0.1, 0.15) is 23.1 Å². The van der Waals surface area contributed by atoms with Crippen LogP contribution in [-0.4, -0.2) is 17.8 Å². The quantitative estimate of drug-likeness (QED) is 0.652. The molecule has 0 aliphatic heterocycles. The van der Waals surface area contributed by atoms with Crippen LogP contribution in [0, 0.1) is 11.3 Å². The molecule has 0 radical (unpaired) electrons. The first-order chi connectivity index (χ1) is 12.8. The highest BCUT2D eigenvalue weighted by Crippen LogP contribution is 2.40. The van der Waals surface area contributed by atoms with Crippen LogP contribution in [0.4, 0.5) is 0 Å². The fraction of sp³-hybridized carbons (Fsp3) is 0.174. The lowest BCUT2D eigenvalue weighted by Gasteiger charge is -2.36. The number of aliphatic hydroxyl groups is 1. The largest absolute Gasteiger partial charge is 0.390 e. The van der Waals surface area contributed by atoms with Crippen LogP contribution in [0.2, 0.25) is 0 Å². The third-order valence-corrected chi connectivity index (χ3v) is 4.36. The molecular weight excluding hydrogens is 322 g/mol. The Hall–Kier alpha value is -2.93. The van der Waals surface area contributed by atoms with Gasteiger partial charge in [0.05, 0.1) is 25.2 Å². The Morgan fingerprint density at radius 1 is 0.769 bits per heavy atom. The Labute approximate surface area is 154 Å². The van der Waals surface area contributed by atoms with Gasteiger partial charge in [-0.3, -0.25) is 0 Å². The monoisotopic (exact) mass is 343 g/mol. The van der Waals surface area contributed by atoms with Crippen molar-refractivity contribution in [1.29, 1.82) is 5.26 Å². The van der Waals surface area contributed by atoms with Gasteiger partial charge in [0.2, 0.25) is 0 Å². The molecule has 3 heteroatoms. The minimum Gasteiger partial charge on any atom is -0.390 e. The highest BCUT2D eigenvalue weighted by Gasteiger charge is 2.37. The Kier molecular flexibility index (Phi) is 5.80. The standard InChI is InChI=1S/C23H21NO2/c24-17-16-22(25)18-26-23(19-10-4-1-5-11-19,20-12-6-2-7-13-20)21-14-8-3-9-15-21/h1-15,22,25H,16,18H2/t22-/m1/s1. The summed E-state index contributed by atoms with van der Waals surface area (Å²) in [4.78, 5) is 0. The van der Waals surface area contributed by atoms with E-state index in [4.69, 9.17) is 10.00 Å². The molecule has 3 aromatic carbocycles. The third-order valence-electron chi connectivity index (χ3n) is 4.36. The van der Waals surface area contributed by atoms with Gasteiger partial charge in [-0.05, 0) is 16.7 Å². The summed E-state index contributed by atoms with van der Waals surface area (Å²) >= 11 is 0. The van der Waals surface area contributed by atoms with E-state index in [1.165, 1.54) is 0 Å². The van der Waals surface area contributed by atoms with E-state index in [1.54, 1.807) is 0 Å². The molecule has 0 fully saturated rings. The predicted octanol–water partition coefficient (Wildman–Crippen LogP) is 4.27. The number of hydrogen-bond acceptors (Lipinski definition) is 3. The van der Waals surface area contributed by atoms with Gasteiger partial charge in [-0.15, -0.1) is 0 Å². The Balaban J connectivity index is 2.16. The van der Waals surface area contributed by atoms with Crippen molar-refractivity contribution < 1.29 is 9.84 Å². The molecule has 0 heterocycles. The normalized spacial score (nSPS) is 12.3. The van der Waals surface area contributed by atoms with Gasteiger partial charge in [0.25, 0.3) is 0 Å². The van der Waals surface area contributed by atoms with Crippen molar-refractivity contribution in [3.05, 3.63) is 108 Å². The summed E-state index contributed by atoms with van der Waals surface area (Å²) in [6, 6.07) is 31.9. The van der Waals surface area contributed by atoms with Gasteiger partial charge in [-0.25, -0.2) is 0 Å². The summed E-state index contributed by atoms with van der Waals surface area (Å²) in [5.74, 6) is 0. The maximum atomic E-state index is 10.1. The molecule has 3 rings (SSSR count). The fourth-order valence-corrected chi connectivity index (χ4v) is 3.15. The zero-order valence-electron chi connectivity index (χ0n) is 14.5. The van der Waals surface area contributed by atoms with Crippen molar-refractivity contribution in [2.24, 2.45) is 0 Å². The third kappa shape index (κ3) is 3.67. The summed E-state index contributed by atoms with van der Waals surface area (Å²) in [5.41, 5.74) is 2.06. The summed E-state index contributed by atoms with van der Waals surface area (Å²) in [6.45, 7) is 0.0617. The van der Waals surface area contributed by atoms with Crippen LogP contribution in [0.3, 0.4) is 0 Å². The van der Waals surface area contributed by atoms with Crippen LogP contribution in [0.5, 0.6) is 0 Å². The summed E-state index contributed by atoms with van der Waals surface area (Å²) in [6.07, 6.45) is -0.801. The van der Waals surface area contributed by atoms with Crippen molar-refractivity contribution in [2.75, 3.05) is 6.61 Å². The summed E-state index contributed by atoms with van der Waals surface area (Å²) in [5, 5.41) is 19.0.